The van der Waals surface area contributed by atoms with Crippen LogP contribution in [-0.4, -0.2) is 16.7 Å². The molecule has 4 heteroatoms. The smallest absolute Gasteiger partial charge is 0.119 e. The standard InChI is InChI=1S/C16H21NO2S/c1-4-12-5-7-13(8-6-12)19-10-9-15-17-14(11-20-15)16(2,3)18/h5-8,11,18H,4,9-10H2,1-3H3. The number of rotatable bonds is 6. The van der Waals surface area contributed by atoms with Gasteiger partial charge in [-0.2, -0.15) is 0 Å². The van der Waals surface area contributed by atoms with E-state index in [0.29, 0.717) is 6.61 Å². The predicted octanol–water partition coefficient (Wildman–Crippen LogP) is 3.55. The van der Waals surface area contributed by atoms with Crippen molar-refractivity contribution < 1.29 is 9.84 Å². The molecule has 0 atom stereocenters. The first-order valence-electron chi connectivity index (χ1n) is 6.88. The number of hydrogen-bond donors (Lipinski definition) is 1. The lowest BCUT2D eigenvalue weighted by atomic mass is 10.1. The molecule has 0 aliphatic rings. The average molecular weight is 291 g/mol. The maximum Gasteiger partial charge on any atom is 0.119 e. The van der Waals surface area contributed by atoms with E-state index in [0.717, 1.165) is 29.3 Å². The van der Waals surface area contributed by atoms with Crippen LogP contribution in [0.5, 0.6) is 5.75 Å². The third-order valence-corrected chi connectivity index (χ3v) is 4.00. The van der Waals surface area contributed by atoms with Gasteiger partial charge in [-0.15, -0.1) is 11.3 Å². The zero-order chi connectivity index (χ0) is 14.6. The molecule has 0 radical (unpaired) electrons. The number of aromatic nitrogens is 1. The highest BCUT2D eigenvalue weighted by Crippen LogP contribution is 2.22. The van der Waals surface area contributed by atoms with Crippen LogP contribution in [0.1, 0.15) is 37.0 Å². The normalized spacial score (nSPS) is 11.6. The van der Waals surface area contributed by atoms with Crippen LogP contribution in [0, 0.1) is 0 Å². The molecular weight excluding hydrogens is 270 g/mol. The Labute approximate surface area is 124 Å². The Morgan fingerprint density at radius 3 is 2.50 bits per heavy atom. The fourth-order valence-electron chi connectivity index (χ4n) is 1.78. The minimum Gasteiger partial charge on any atom is -0.493 e. The van der Waals surface area contributed by atoms with Crippen LogP contribution in [0.4, 0.5) is 0 Å². The largest absolute Gasteiger partial charge is 0.493 e. The first-order chi connectivity index (χ1) is 9.49. The summed E-state index contributed by atoms with van der Waals surface area (Å²) in [6, 6.07) is 8.18. The number of benzene rings is 1. The molecule has 3 nitrogen and oxygen atoms in total. The predicted molar refractivity (Wildman–Crippen MR) is 82.4 cm³/mol. The van der Waals surface area contributed by atoms with Crippen LogP contribution in [0.3, 0.4) is 0 Å². The van der Waals surface area contributed by atoms with E-state index in [-0.39, 0.29) is 0 Å². The number of ether oxygens (including phenoxy) is 1. The second-order valence-electron chi connectivity index (χ2n) is 5.28. The fraction of sp³-hybridized carbons (Fsp3) is 0.438. The quantitative estimate of drug-likeness (QED) is 0.885. The molecule has 1 heterocycles. The molecule has 0 saturated heterocycles. The Hall–Kier alpha value is -1.39. The minimum atomic E-state index is -0.869. The Balaban J connectivity index is 1.84. The third-order valence-electron chi connectivity index (χ3n) is 3.09. The van der Waals surface area contributed by atoms with Gasteiger partial charge in [0, 0.05) is 11.8 Å². The molecule has 1 N–H and O–H groups in total. The fourth-order valence-corrected chi connectivity index (χ4v) is 2.73. The van der Waals surface area contributed by atoms with Gasteiger partial charge in [0.25, 0.3) is 0 Å². The Kier molecular flexibility index (Phi) is 4.78. The second-order valence-corrected chi connectivity index (χ2v) is 6.22. The van der Waals surface area contributed by atoms with E-state index in [1.165, 1.54) is 5.56 Å². The second kappa shape index (κ2) is 6.37. The van der Waals surface area contributed by atoms with E-state index < -0.39 is 5.60 Å². The van der Waals surface area contributed by atoms with Crippen molar-refractivity contribution in [3.05, 3.63) is 45.9 Å². The third kappa shape index (κ3) is 4.05. The molecule has 108 valence electrons. The van der Waals surface area contributed by atoms with E-state index in [4.69, 9.17) is 4.74 Å². The summed E-state index contributed by atoms with van der Waals surface area (Å²) < 4.78 is 5.71. The summed E-state index contributed by atoms with van der Waals surface area (Å²) in [5, 5.41) is 12.8. The molecule has 20 heavy (non-hydrogen) atoms. The van der Waals surface area contributed by atoms with Crippen LogP contribution >= 0.6 is 11.3 Å². The zero-order valence-electron chi connectivity index (χ0n) is 12.2. The Morgan fingerprint density at radius 1 is 1.25 bits per heavy atom. The van der Waals surface area contributed by atoms with Gasteiger partial charge in [-0.25, -0.2) is 4.98 Å². The highest BCUT2D eigenvalue weighted by Gasteiger charge is 2.19. The lowest BCUT2D eigenvalue weighted by Gasteiger charge is -2.13. The van der Waals surface area contributed by atoms with E-state index in [1.54, 1.807) is 25.2 Å². The molecule has 2 aromatic rings. The van der Waals surface area contributed by atoms with E-state index in [9.17, 15) is 5.11 Å². The van der Waals surface area contributed by atoms with Gasteiger partial charge in [0.15, 0.2) is 0 Å². The highest BCUT2D eigenvalue weighted by molar-refractivity contribution is 7.09. The Morgan fingerprint density at radius 2 is 1.95 bits per heavy atom. The van der Waals surface area contributed by atoms with Gasteiger partial charge in [0.2, 0.25) is 0 Å². The monoisotopic (exact) mass is 291 g/mol. The van der Waals surface area contributed by atoms with Crippen molar-refractivity contribution in [1.29, 1.82) is 0 Å². The SMILES string of the molecule is CCc1ccc(OCCc2nc(C(C)(C)O)cs2)cc1. The van der Waals surface area contributed by atoms with Crippen LogP contribution in [0.15, 0.2) is 29.6 Å². The van der Waals surface area contributed by atoms with Crippen molar-refractivity contribution in [1.82, 2.24) is 4.98 Å². The maximum atomic E-state index is 9.87. The van der Waals surface area contributed by atoms with Gasteiger partial charge in [-0.1, -0.05) is 19.1 Å². The van der Waals surface area contributed by atoms with Crippen molar-refractivity contribution in [2.45, 2.75) is 39.2 Å². The van der Waals surface area contributed by atoms with Crippen LogP contribution in [-0.2, 0) is 18.4 Å². The van der Waals surface area contributed by atoms with Crippen LogP contribution in [0.2, 0.25) is 0 Å². The molecule has 0 aliphatic carbocycles. The zero-order valence-corrected chi connectivity index (χ0v) is 13.0. The van der Waals surface area contributed by atoms with Gasteiger partial charge < -0.3 is 9.84 Å². The molecule has 0 unspecified atom stereocenters. The lowest BCUT2D eigenvalue weighted by molar-refractivity contribution is 0.0743. The van der Waals surface area contributed by atoms with Crippen molar-refractivity contribution >= 4 is 11.3 Å². The molecule has 0 saturated carbocycles. The topological polar surface area (TPSA) is 42.4 Å². The summed E-state index contributed by atoms with van der Waals surface area (Å²) in [7, 11) is 0. The van der Waals surface area contributed by atoms with E-state index >= 15 is 0 Å². The summed E-state index contributed by atoms with van der Waals surface area (Å²) >= 11 is 1.57. The molecule has 1 aromatic heterocycles. The maximum absolute atomic E-state index is 9.87. The van der Waals surface area contributed by atoms with Crippen molar-refractivity contribution in [3.8, 4) is 5.75 Å². The molecular formula is C16H21NO2S. The van der Waals surface area contributed by atoms with Crippen LogP contribution < -0.4 is 4.74 Å². The van der Waals surface area contributed by atoms with Crippen molar-refractivity contribution in [3.63, 3.8) is 0 Å². The van der Waals surface area contributed by atoms with E-state index in [2.05, 4.69) is 24.0 Å². The molecule has 2 rings (SSSR count). The van der Waals surface area contributed by atoms with Gasteiger partial charge in [-0.3, -0.25) is 0 Å². The first kappa shape index (κ1) is 15.0. The van der Waals surface area contributed by atoms with Gasteiger partial charge >= 0.3 is 0 Å². The summed E-state index contributed by atoms with van der Waals surface area (Å²) in [6.45, 7) is 6.23. The molecule has 0 amide bonds. The molecule has 0 aliphatic heterocycles. The number of aliphatic hydroxyl groups is 1. The van der Waals surface area contributed by atoms with Crippen LogP contribution in [0.25, 0.3) is 0 Å². The average Bonchev–Trinajstić information content (AvgIpc) is 2.88. The number of aryl methyl sites for hydroxylation is 1. The van der Waals surface area contributed by atoms with Gasteiger partial charge in [-0.05, 0) is 38.0 Å². The summed E-state index contributed by atoms with van der Waals surface area (Å²) in [5.74, 6) is 0.890. The number of nitrogens with zero attached hydrogens (tertiary/aromatic N) is 1. The minimum absolute atomic E-state index is 0.601. The van der Waals surface area contributed by atoms with E-state index in [1.807, 2.05) is 17.5 Å². The molecule has 1 aromatic carbocycles. The molecule has 0 bridgehead atoms. The summed E-state index contributed by atoms with van der Waals surface area (Å²) in [5.41, 5.74) is 1.17. The highest BCUT2D eigenvalue weighted by atomic mass is 32.1. The van der Waals surface area contributed by atoms with Gasteiger partial charge in [0.1, 0.15) is 11.4 Å². The number of hydrogen-bond acceptors (Lipinski definition) is 4. The summed E-state index contributed by atoms with van der Waals surface area (Å²) in [4.78, 5) is 4.43. The molecule has 0 fully saturated rings. The Bertz CT molecular complexity index is 540. The van der Waals surface area contributed by atoms with Gasteiger partial charge in [0.05, 0.1) is 17.3 Å². The van der Waals surface area contributed by atoms with Crippen molar-refractivity contribution in [2.24, 2.45) is 0 Å². The first-order valence-corrected chi connectivity index (χ1v) is 7.76. The number of thiazole rings is 1. The lowest BCUT2D eigenvalue weighted by Crippen LogP contribution is -2.16. The summed E-state index contributed by atoms with van der Waals surface area (Å²) in [6.07, 6.45) is 1.80. The van der Waals surface area contributed by atoms with Crippen molar-refractivity contribution in [2.75, 3.05) is 6.61 Å². The molecule has 0 spiro atoms.